The van der Waals surface area contributed by atoms with Gasteiger partial charge in [0.1, 0.15) is 6.10 Å². The highest BCUT2D eigenvalue weighted by Gasteiger charge is 2.05. The molecule has 1 N–H and O–H groups in total. The standard InChI is InChI=1S/C15H21NO2/c1-12(2)9-10-13(3)18-15(17)16-11-14-7-5-4-6-8-14/h4-10,12-13H,11H2,1-3H3,(H,16,17)/b10-9+. The average Bonchev–Trinajstić information content (AvgIpc) is 2.35. The second-order valence-electron chi connectivity index (χ2n) is 4.58. The van der Waals surface area contributed by atoms with Crippen LogP contribution in [0.15, 0.2) is 42.5 Å². The van der Waals surface area contributed by atoms with Gasteiger partial charge in [-0.15, -0.1) is 0 Å². The van der Waals surface area contributed by atoms with Gasteiger partial charge in [-0.1, -0.05) is 50.3 Å². The van der Waals surface area contributed by atoms with Crippen molar-refractivity contribution in [2.45, 2.75) is 33.4 Å². The van der Waals surface area contributed by atoms with Crippen LogP contribution in [-0.2, 0) is 11.3 Å². The van der Waals surface area contributed by atoms with Gasteiger partial charge >= 0.3 is 6.09 Å². The van der Waals surface area contributed by atoms with Gasteiger partial charge in [0, 0.05) is 6.54 Å². The first-order valence-corrected chi connectivity index (χ1v) is 6.24. The van der Waals surface area contributed by atoms with Gasteiger partial charge < -0.3 is 10.1 Å². The fourth-order valence-electron chi connectivity index (χ4n) is 1.40. The minimum Gasteiger partial charge on any atom is -0.442 e. The molecule has 0 heterocycles. The summed E-state index contributed by atoms with van der Waals surface area (Å²) in [5, 5.41) is 2.72. The van der Waals surface area contributed by atoms with Crippen LogP contribution in [0.25, 0.3) is 0 Å². The Hall–Kier alpha value is -1.77. The van der Waals surface area contributed by atoms with E-state index >= 15 is 0 Å². The number of benzene rings is 1. The summed E-state index contributed by atoms with van der Waals surface area (Å²) in [6, 6.07) is 9.75. The summed E-state index contributed by atoms with van der Waals surface area (Å²) < 4.78 is 5.19. The third kappa shape index (κ3) is 6.09. The average molecular weight is 247 g/mol. The number of carbonyl (C=O) groups excluding carboxylic acids is 1. The molecule has 3 nitrogen and oxygen atoms in total. The van der Waals surface area contributed by atoms with E-state index in [0.29, 0.717) is 12.5 Å². The molecule has 0 saturated heterocycles. The predicted molar refractivity (Wildman–Crippen MR) is 73.2 cm³/mol. The lowest BCUT2D eigenvalue weighted by Gasteiger charge is -2.11. The number of carbonyl (C=O) groups is 1. The zero-order chi connectivity index (χ0) is 13.4. The Kier molecular flexibility index (Phi) is 5.98. The summed E-state index contributed by atoms with van der Waals surface area (Å²) in [5.74, 6) is 0.462. The van der Waals surface area contributed by atoms with Crippen molar-refractivity contribution in [3.05, 3.63) is 48.0 Å². The van der Waals surface area contributed by atoms with E-state index in [0.717, 1.165) is 5.56 Å². The second-order valence-corrected chi connectivity index (χ2v) is 4.58. The normalized spacial score (nSPS) is 12.7. The second kappa shape index (κ2) is 7.54. The molecule has 0 aliphatic rings. The largest absolute Gasteiger partial charge is 0.442 e. The zero-order valence-electron chi connectivity index (χ0n) is 11.2. The summed E-state index contributed by atoms with van der Waals surface area (Å²) in [4.78, 5) is 11.5. The quantitative estimate of drug-likeness (QED) is 0.808. The third-order valence-corrected chi connectivity index (χ3v) is 2.34. The molecule has 0 aliphatic carbocycles. The molecule has 1 rings (SSSR count). The fraction of sp³-hybridized carbons (Fsp3) is 0.400. The Morgan fingerprint density at radius 1 is 1.22 bits per heavy atom. The summed E-state index contributed by atoms with van der Waals surface area (Å²) in [7, 11) is 0. The lowest BCUT2D eigenvalue weighted by molar-refractivity contribution is 0.126. The summed E-state index contributed by atoms with van der Waals surface area (Å²) in [6.07, 6.45) is 3.32. The van der Waals surface area contributed by atoms with Crippen molar-refractivity contribution in [1.82, 2.24) is 5.32 Å². The van der Waals surface area contributed by atoms with Crippen LogP contribution < -0.4 is 5.32 Å². The number of alkyl carbamates (subject to hydrolysis) is 1. The molecule has 0 fully saturated rings. The predicted octanol–water partition coefficient (Wildman–Crippen LogP) is 3.51. The van der Waals surface area contributed by atoms with E-state index < -0.39 is 0 Å². The lowest BCUT2D eigenvalue weighted by Crippen LogP contribution is -2.26. The van der Waals surface area contributed by atoms with Gasteiger partial charge in [-0.3, -0.25) is 0 Å². The van der Waals surface area contributed by atoms with Gasteiger partial charge in [0.05, 0.1) is 0 Å². The van der Waals surface area contributed by atoms with Crippen molar-refractivity contribution in [2.75, 3.05) is 0 Å². The molecule has 98 valence electrons. The smallest absolute Gasteiger partial charge is 0.407 e. The first-order chi connectivity index (χ1) is 8.58. The third-order valence-electron chi connectivity index (χ3n) is 2.34. The Labute approximate surface area is 109 Å². The zero-order valence-corrected chi connectivity index (χ0v) is 11.2. The van der Waals surface area contributed by atoms with Crippen molar-refractivity contribution in [3.63, 3.8) is 0 Å². The minimum atomic E-state index is -0.389. The van der Waals surface area contributed by atoms with E-state index in [1.807, 2.05) is 49.4 Å². The number of nitrogens with one attached hydrogen (secondary N) is 1. The van der Waals surface area contributed by atoms with E-state index in [1.165, 1.54) is 0 Å². The fourth-order valence-corrected chi connectivity index (χ4v) is 1.40. The van der Waals surface area contributed by atoms with Crippen molar-refractivity contribution in [2.24, 2.45) is 5.92 Å². The molecule has 0 aliphatic heterocycles. The number of hydrogen-bond donors (Lipinski definition) is 1. The van der Waals surface area contributed by atoms with Crippen LogP contribution in [0, 0.1) is 5.92 Å². The number of rotatable bonds is 5. The molecular formula is C15H21NO2. The Balaban J connectivity index is 2.29. The maximum atomic E-state index is 11.5. The molecule has 18 heavy (non-hydrogen) atoms. The van der Waals surface area contributed by atoms with E-state index in [9.17, 15) is 4.79 Å². The molecule has 1 unspecified atom stereocenters. The van der Waals surface area contributed by atoms with Gasteiger partial charge in [-0.05, 0) is 24.5 Å². The molecule has 0 saturated carbocycles. The highest BCUT2D eigenvalue weighted by molar-refractivity contribution is 5.67. The minimum absolute atomic E-state index is 0.205. The van der Waals surface area contributed by atoms with Gasteiger partial charge in [-0.2, -0.15) is 0 Å². The molecule has 1 amide bonds. The van der Waals surface area contributed by atoms with Gasteiger partial charge in [0.2, 0.25) is 0 Å². The van der Waals surface area contributed by atoms with E-state index in [2.05, 4.69) is 19.2 Å². The van der Waals surface area contributed by atoms with Crippen LogP contribution >= 0.6 is 0 Å². The van der Waals surface area contributed by atoms with Crippen LogP contribution in [0.4, 0.5) is 4.79 Å². The van der Waals surface area contributed by atoms with E-state index in [4.69, 9.17) is 4.74 Å². The number of hydrogen-bond acceptors (Lipinski definition) is 2. The van der Waals surface area contributed by atoms with Crippen molar-refractivity contribution >= 4 is 6.09 Å². The Morgan fingerprint density at radius 3 is 2.50 bits per heavy atom. The molecule has 0 radical (unpaired) electrons. The molecule has 0 aromatic heterocycles. The van der Waals surface area contributed by atoms with Crippen LogP contribution in [-0.4, -0.2) is 12.2 Å². The monoisotopic (exact) mass is 247 g/mol. The maximum absolute atomic E-state index is 11.5. The molecular weight excluding hydrogens is 226 g/mol. The highest BCUT2D eigenvalue weighted by Crippen LogP contribution is 2.01. The van der Waals surface area contributed by atoms with Crippen molar-refractivity contribution < 1.29 is 9.53 Å². The van der Waals surface area contributed by atoms with Gasteiger partial charge in [0.15, 0.2) is 0 Å². The summed E-state index contributed by atoms with van der Waals surface area (Å²) in [5.41, 5.74) is 1.06. The number of amides is 1. The molecule has 1 aromatic carbocycles. The Bertz CT molecular complexity index is 385. The highest BCUT2D eigenvalue weighted by atomic mass is 16.6. The van der Waals surface area contributed by atoms with E-state index in [1.54, 1.807) is 0 Å². The number of allylic oxidation sites excluding steroid dienone is 1. The van der Waals surface area contributed by atoms with Gasteiger partial charge in [-0.25, -0.2) is 4.79 Å². The lowest BCUT2D eigenvalue weighted by atomic mass is 10.2. The van der Waals surface area contributed by atoms with Gasteiger partial charge in [0.25, 0.3) is 0 Å². The van der Waals surface area contributed by atoms with Crippen molar-refractivity contribution in [3.8, 4) is 0 Å². The summed E-state index contributed by atoms with van der Waals surface area (Å²) in [6.45, 7) is 6.50. The number of ether oxygens (including phenoxy) is 1. The molecule has 3 heteroatoms. The van der Waals surface area contributed by atoms with Crippen LogP contribution in [0.1, 0.15) is 26.3 Å². The van der Waals surface area contributed by atoms with Crippen LogP contribution in [0.3, 0.4) is 0 Å². The molecule has 0 spiro atoms. The first kappa shape index (κ1) is 14.3. The molecule has 1 aromatic rings. The molecule has 1 atom stereocenters. The van der Waals surface area contributed by atoms with Crippen molar-refractivity contribution in [1.29, 1.82) is 0 Å². The maximum Gasteiger partial charge on any atom is 0.407 e. The topological polar surface area (TPSA) is 38.3 Å². The summed E-state index contributed by atoms with van der Waals surface area (Å²) >= 11 is 0. The van der Waals surface area contributed by atoms with Crippen LogP contribution in [0.2, 0.25) is 0 Å². The van der Waals surface area contributed by atoms with E-state index in [-0.39, 0.29) is 12.2 Å². The first-order valence-electron chi connectivity index (χ1n) is 6.24. The SMILES string of the molecule is CC(C)/C=C/C(C)OC(=O)NCc1ccccc1. The van der Waals surface area contributed by atoms with Crippen LogP contribution in [0.5, 0.6) is 0 Å². The molecule has 0 bridgehead atoms. The Morgan fingerprint density at radius 2 is 1.89 bits per heavy atom.